The summed E-state index contributed by atoms with van der Waals surface area (Å²) in [5, 5.41) is 0. The Morgan fingerprint density at radius 1 is 1.09 bits per heavy atom. The molecule has 0 saturated carbocycles. The third-order valence-electron chi connectivity index (χ3n) is 4.27. The van der Waals surface area contributed by atoms with Gasteiger partial charge >= 0.3 is 0 Å². The van der Waals surface area contributed by atoms with Gasteiger partial charge in [0.25, 0.3) is 0 Å². The number of Topliss-reactive ketones (excluding diaryl/α,β-unsaturated/α-hetero) is 1. The standard InChI is InChI=1S/C19H16N2O/c22-19(7-9-21-10-8-20-13-21)15-5-6-18-16(12-15)11-14-3-1-2-4-17(14)18/h1-6,8,10,12-13H,7,9,11H2. The Morgan fingerprint density at radius 2 is 1.95 bits per heavy atom. The molecule has 1 heterocycles. The van der Waals surface area contributed by atoms with Gasteiger partial charge in [0.1, 0.15) is 0 Å². The van der Waals surface area contributed by atoms with Gasteiger partial charge in [0.05, 0.1) is 6.33 Å². The van der Waals surface area contributed by atoms with Crippen molar-refractivity contribution >= 4 is 5.78 Å². The van der Waals surface area contributed by atoms with Crippen LogP contribution in [0.3, 0.4) is 0 Å². The molecule has 0 atom stereocenters. The number of imidazole rings is 1. The largest absolute Gasteiger partial charge is 0.337 e. The van der Waals surface area contributed by atoms with Crippen LogP contribution in [0.5, 0.6) is 0 Å². The van der Waals surface area contributed by atoms with E-state index in [9.17, 15) is 4.79 Å². The van der Waals surface area contributed by atoms with Gasteiger partial charge in [-0.1, -0.05) is 36.4 Å². The molecule has 3 nitrogen and oxygen atoms in total. The zero-order valence-corrected chi connectivity index (χ0v) is 12.2. The summed E-state index contributed by atoms with van der Waals surface area (Å²) < 4.78 is 1.93. The molecule has 0 radical (unpaired) electrons. The quantitative estimate of drug-likeness (QED) is 0.536. The van der Waals surface area contributed by atoms with E-state index < -0.39 is 0 Å². The Bertz CT molecular complexity index is 834. The van der Waals surface area contributed by atoms with Crippen molar-refractivity contribution < 1.29 is 4.79 Å². The fraction of sp³-hybridized carbons (Fsp3) is 0.158. The van der Waals surface area contributed by atoms with Crippen LogP contribution in [0.2, 0.25) is 0 Å². The van der Waals surface area contributed by atoms with Crippen molar-refractivity contribution in [3.8, 4) is 11.1 Å². The minimum absolute atomic E-state index is 0.187. The van der Waals surface area contributed by atoms with Crippen molar-refractivity contribution in [1.29, 1.82) is 0 Å². The zero-order valence-electron chi connectivity index (χ0n) is 12.2. The molecule has 0 aliphatic heterocycles. The first-order chi connectivity index (χ1) is 10.8. The van der Waals surface area contributed by atoms with Crippen molar-refractivity contribution in [2.45, 2.75) is 19.4 Å². The van der Waals surface area contributed by atoms with Gasteiger partial charge in [0, 0.05) is 30.9 Å². The van der Waals surface area contributed by atoms with E-state index in [1.54, 1.807) is 12.5 Å². The lowest BCUT2D eigenvalue weighted by Crippen LogP contribution is -2.05. The smallest absolute Gasteiger partial charge is 0.164 e. The summed E-state index contributed by atoms with van der Waals surface area (Å²) in [7, 11) is 0. The Labute approximate surface area is 129 Å². The fourth-order valence-corrected chi connectivity index (χ4v) is 3.11. The van der Waals surface area contributed by atoms with Gasteiger partial charge < -0.3 is 4.57 Å². The normalized spacial score (nSPS) is 12.0. The van der Waals surface area contributed by atoms with Crippen LogP contribution in [-0.4, -0.2) is 15.3 Å². The van der Waals surface area contributed by atoms with Gasteiger partial charge in [-0.25, -0.2) is 4.98 Å². The highest BCUT2D eigenvalue weighted by molar-refractivity contribution is 5.97. The van der Waals surface area contributed by atoms with E-state index in [-0.39, 0.29) is 5.78 Å². The van der Waals surface area contributed by atoms with Crippen LogP contribution >= 0.6 is 0 Å². The SMILES string of the molecule is O=C(CCn1ccnc1)c1ccc2c(c1)Cc1ccccc1-2. The Kier molecular flexibility index (Phi) is 3.11. The number of benzene rings is 2. The van der Waals surface area contributed by atoms with Crippen LogP contribution in [0.4, 0.5) is 0 Å². The summed E-state index contributed by atoms with van der Waals surface area (Å²) >= 11 is 0. The molecule has 0 unspecified atom stereocenters. The number of carbonyl (C=O) groups is 1. The van der Waals surface area contributed by atoms with Crippen LogP contribution < -0.4 is 0 Å². The number of ketones is 1. The molecule has 22 heavy (non-hydrogen) atoms. The van der Waals surface area contributed by atoms with Gasteiger partial charge in [0.2, 0.25) is 0 Å². The molecule has 3 aromatic rings. The molecule has 108 valence electrons. The first kappa shape index (κ1) is 13.0. The maximum absolute atomic E-state index is 12.4. The van der Waals surface area contributed by atoms with Crippen molar-refractivity contribution in [2.75, 3.05) is 0 Å². The van der Waals surface area contributed by atoms with E-state index in [1.165, 1.54) is 22.3 Å². The molecule has 0 amide bonds. The summed E-state index contributed by atoms with van der Waals surface area (Å²) in [6, 6.07) is 14.6. The van der Waals surface area contributed by atoms with Crippen molar-refractivity contribution in [3.05, 3.63) is 77.9 Å². The lowest BCUT2D eigenvalue weighted by molar-refractivity contribution is 0.0977. The fourth-order valence-electron chi connectivity index (χ4n) is 3.11. The van der Waals surface area contributed by atoms with Crippen LogP contribution in [0.25, 0.3) is 11.1 Å². The maximum atomic E-state index is 12.4. The highest BCUT2D eigenvalue weighted by Crippen LogP contribution is 2.36. The number of hydrogen-bond donors (Lipinski definition) is 0. The monoisotopic (exact) mass is 288 g/mol. The molecular formula is C19H16N2O. The number of aromatic nitrogens is 2. The third-order valence-corrected chi connectivity index (χ3v) is 4.27. The van der Waals surface area contributed by atoms with E-state index in [0.29, 0.717) is 13.0 Å². The zero-order chi connectivity index (χ0) is 14.9. The number of hydrogen-bond acceptors (Lipinski definition) is 2. The highest BCUT2D eigenvalue weighted by Gasteiger charge is 2.19. The number of nitrogens with zero attached hydrogens (tertiary/aromatic N) is 2. The molecular weight excluding hydrogens is 272 g/mol. The van der Waals surface area contributed by atoms with Crippen molar-refractivity contribution in [2.24, 2.45) is 0 Å². The van der Waals surface area contributed by atoms with Gasteiger partial charge in [-0.2, -0.15) is 0 Å². The molecule has 1 aromatic heterocycles. The van der Waals surface area contributed by atoms with Crippen LogP contribution in [0.1, 0.15) is 27.9 Å². The summed E-state index contributed by atoms with van der Waals surface area (Å²) in [5.74, 6) is 0.187. The molecule has 3 heteroatoms. The molecule has 1 aliphatic carbocycles. The average molecular weight is 288 g/mol. The highest BCUT2D eigenvalue weighted by atomic mass is 16.1. The van der Waals surface area contributed by atoms with Gasteiger partial charge in [-0.15, -0.1) is 0 Å². The molecule has 0 fully saturated rings. The van der Waals surface area contributed by atoms with Crippen molar-refractivity contribution in [1.82, 2.24) is 9.55 Å². The summed E-state index contributed by atoms with van der Waals surface area (Å²) in [6.45, 7) is 0.677. The average Bonchev–Trinajstić information content (AvgIpc) is 3.19. The Hall–Kier alpha value is -2.68. The van der Waals surface area contributed by atoms with E-state index in [4.69, 9.17) is 0 Å². The predicted octanol–water partition coefficient (Wildman–Crippen LogP) is 3.73. The molecule has 2 aromatic carbocycles. The number of aryl methyl sites for hydroxylation is 1. The predicted molar refractivity (Wildman–Crippen MR) is 85.9 cm³/mol. The second-order valence-corrected chi connectivity index (χ2v) is 5.68. The third kappa shape index (κ3) is 2.25. The maximum Gasteiger partial charge on any atom is 0.164 e. The van der Waals surface area contributed by atoms with Gasteiger partial charge in [-0.05, 0) is 34.7 Å². The van der Waals surface area contributed by atoms with E-state index in [0.717, 1.165) is 12.0 Å². The molecule has 4 rings (SSSR count). The van der Waals surface area contributed by atoms with E-state index in [1.807, 2.05) is 16.8 Å². The lowest BCUT2D eigenvalue weighted by Gasteiger charge is -2.05. The van der Waals surface area contributed by atoms with Gasteiger partial charge in [0.15, 0.2) is 5.78 Å². The first-order valence-corrected chi connectivity index (χ1v) is 7.51. The second kappa shape index (κ2) is 5.26. The molecule has 0 bridgehead atoms. The van der Waals surface area contributed by atoms with Crippen LogP contribution in [-0.2, 0) is 13.0 Å². The molecule has 0 saturated heterocycles. The lowest BCUT2D eigenvalue weighted by atomic mass is 10.0. The summed E-state index contributed by atoms with van der Waals surface area (Å²) in [6.07, 6.45) is 6.78. The van der Waals surface area contributed by atoms with Crippen molar-refractivity contribution in [3.63, 3.8) is 0 Å². The van der Waals surface area contributed by atoms with E-state index in [2.05, 4.69) is 41.4 Å². The van der Waals surface area contributed by atoms with Crippen LogP contribution in [0, 0.1) is 0 Å². The van der Waals surface area contributed by atoms with Crippen LogP contribution in [0.15, 0.2) is 61.2 Å². The topological polar surface area (TPSA) is 34.9 Å². The number of carbonyl (C=O) groups excluding carboxylic acids is 1. The number of rotatable bonds is 4. The first-order valence-electron chi connectivity index (χ1n) is 7.51. The molecule has 0 spiro atoms. The molecule has 0 N–H and O–H groups in total. The van der Waals surface area contributed by atoms with E-state index >= 15 is 0 Å². The Morgan fingerprint density at radius 3 is 2.82 bits per heavy atom. The van der Waals surface area contributed by atoms with Gasteiger partial charge in [-0.3, -0.25) is 4.79 Å². The number of fused-ring (bicyclic) bond motifs is 3. The second-order valence-electron chi connectivity index (χ2n) is 5.68. The summed E-state index contributed by atoms with van der Waals surface area (Å²) in [4.78, 5) is 16.4. The summed E-state index contributed by atoms with van der Waals surface area (Å²) in [5.41, 5.74) is 5.98. The Balaban J connectivity index is 1.55. The minimum Gasteiger partial charge on any atom is -0.337 e. The minimum atomic E-state index is 0.187. The molecule has 1 aliphatic rings.